The van der Waals surface area contributed by atoms with Gasteiger partial charge in [-0.25, -0.2) is 0 Å². The molecular formula is C16H21N3O. The standard InChI is InChI=1S/C16H21N3O/c1-3-15-17-18-16(20-15)12(2)19-10-9-14(11-19)13-7-5-4-6-8-13/h4-8,12,14H,3,9-11H2,1-2H3/t12-,14-/m1/s1. The molecule has 0 saturated carbocycles. The van der Waals surface area contributed by atoms with Gasteiger partial charge in [0.1, 0.15) is 0 Å². The Bertz CT molecular complexity index is 552. The highest BCUT2D eigenvalue weighted by Crippen LogP contribution is 2.32. The molecule has 0 N–H and O–H groups in total. The second-order valence-corrected chi connectivity index (χ2v) is 5.45. The van der Waals surface area contributed by atoms with Crippen molar-refractivity contribution in [3.63, 3.8) is 0 Å². The van der Waals surface area contributed by atoms with Crippen molar-refractivity contribution in [1.82, 2.24) is 15.1 Å². The summed E-state index contributed by atoms with van der Waals surface area (Å²) >= 11 is 0. The first kappa shape index (κ1) is 13.3. The minimum Gasteiger partial charge on any atom is -0.424 e. The second kappa shape index (κ2) is 5.75. The second-order valence-electron chi connectivity index (χ2n) is 5.45. The molecule has 0 aliphatic carbocycles. The third-order valence-corrected chi connectivity index (χ3v) is 4.18. The molecule has 2 heterocycles. The van der Waals surface area contributed by atoms with Gasteiger partial charge in [0.05, 0.1) is 6.04 Å². The van der Waals surface area contributed by atoms with Crippen LogP contribution in [0.15, 0.2) is 34.7 Å². The molecule has 1 saturated heterocycles. The van der Waals surface area contributed by atoms with Crippen LogP contribution in [0, 0.1) is 0 Å². The van der Waals surface area contributed by atoms with Gasteiger partial charge in [-0.1, -0.05) is 37.3 Å². The van der Waals surface area contributed by atoms with Crippen molar-refractivity contribution in [1.29, 1.82) is 0 Å². The molecule has 20 heavy (non-hydrogen) atoms. The van der Waals surface area contributed by atoms with E-state index in [4.69, 9.17) is 4.42 Å². The summed E-state index contributed by atoms with van der Waals surface area (Å²) in [6.07, 6.45) is 2.00. The minimum atomic E-state index is 0.205. The SMILES string of the molecule is CCc1nnc([C@@H](C)N2CC[C@@H](c3ccccc3)C2)o1. The maximum absolute atomic E-state index is 5.68. The smallest absolute Gasteiger partial charge is 0.233 e. The highest BCUT2D eigenvalue weighted by atomic mass is 16.4. The predicted octanol–water partition coefficient (Wildman–Crippen LogP) is 3.18. The largest absolute Gasteiger partial charge is 0.424 e. The molecule has 0 spiro atoms. The van der Waals surface area contributed by atoms with Crippen LogP contribution in [-0.2, 0) is 6.42 Å². The first-order valence-electron chi connectivity index (χ1n) is 7.39. The zero-order valence-electron chi connectivity index (χ0n) is 12.1. The molecule has 1 fully saturated rings. The van der Waals surface area contributed by atoms with Gasteiger partial charge in [0.15, 0.2) is 0 Å². The Morgan fingerprint density at radius 2 is 2.10 bits per heavy atom. The van der Waals surface area contributed by atoms with Crippen molar-refractivity contribution < 1.29 is 4.42 Å². The lowest BCUT2D eigenvalue weighted by Crippen LogP contribution is -2.24. The third kappa shape index (κ3) is 2.61. The van der Waals surface area contributed by atoms with Gasteiger partial charge in [-0.05, 0) is 31.4 Å². The van der Waals surface area contributed by atoms with Crippen LogP contribution < -0.4 is 0 Å². The Morgan fingerprint density at radius 1 is 1.30 bits per heavy atom. The monoisotopic (exact) mass is 271 g/mol. The maximum atomic E-state index is 5.68. The summed E-state index contributed by atoms with van der Waals surface area (Å²) in [5.74, 6) is 2.09. The molecule has 4 nitrogen and oxygen atoms in total. The molecule has 1 aliphatic heterocycles. The molecule has 1 aromatic heterocycles. The molecule has 3 rings (SSSR count). The van der Waals surface area contributed by atoms with Gasteiger partial charge in [-0.2, -0.15) is 0 Å². The average Bonchev–Trinajstić information content (AvgIpc) is 3.17. The van der Waals surface area contributed by atoms with E-state index in [0.29, 0.717) is 5.92 Å². The first-order valence-corrected chi connectivity index (χ1v) is 7.39. The van der Waals surface area contributed by atoms with E-state index >= 15 is 0 Å². The van der Waals surface area contributed by atoms with Crippen molar-refractivity contribution in [2.75, 3.05) is 13.1 Å². The summed E-state index contributed by atoms with van der Waals surface area (Å²) in [6.45, 7) is 6.34. The predicted molar refractivity (Wildman–Crippen MR) is 77.5 cm³/mol. The maximum Gasteiger partial charge on any atom is 0.233 e. The molecular weight excluding hydrogens is 250 g/mol. The Labute approximate surface area is 119 Å². The minimum absolute atomic E-state index is 0.205. The zero-order chi connectivity index (χ0) is 13.9. The molecule has 1 aliphatic rings. The van der Waals surface area contributed by atoms with Gasteiger partial charge in [0.25, 0.3) is 0 Å². The van der Waals surface area contributed by atoms with Crippen molar-refractivity contribution >= 4 is 0 Å². The molecule has 2 atom stereocenters. The van der Waals surface area contributed by atoms with Crippen LogP contribution in [0.3, 0.4) is 0 Å². The topological polar surface area (TPSA) is 42.2 Å². The number of aryl methyl sites for hydroxylation is 1. The van der Waals surface area contributed by atoms with Crippen LogP contribution in [-0.4, -0.2) is 28.2 Å². The van der Waals surface area contributed by atoms with Crippen LogP contribution in [0.2, 0.25) is 0 Å². The lowest BCUT2D eigenvalue weighted by Gasteiger charge is -2.21. The van der Waals surface area contributed by atoms with E-state index in [0.717, 1.165) is 31.3 Å². The molecule has 1 aromatic carbocycles. The van der Waals surface area contributed by atoms with Gasteiger partial charge in [0.2, 0.25) is 11.8 Å². The van der Waals surface area contributed by atoms with E-state index in [1.54, 1.807) is 0 Å². The van der Waals surface area contributed by atoms with E-state index in [2.05, 4.69) is 52.4 Å². The van der Waals surface area contributed by atoms with E-state index in [9.17, 15) is 0 Å². The summed E-state index contributed by atoms with van der Waals surface area (Å²) in [5.41, 5.74) is 1.43. The molecule has 0 radical (unpaired) electrons. The van der Waals surface area contributed by atoms with Gasteiger partial charge in [-0.3, -0.25) is 4.90 Å². The molecule has 2 aromatic rings. The Kier molecular flexibility index (Phi) is 3.83. The van der Waals surface area contributed by atoms with E-state index < -0.39 is 0 Å². The molecule has 0 bridgehead atoms. The molecule has 4 heteroatoms. The zero-order valence-corrected chi connectivity index (χ0v) is 12.1. The van der Waals surface area contributed by atoms with Gasteiger partial charge in [-0.15, -0.1) is 10.2 Å². The van der Waals surface area contributed by atoms with Crippen molar-refractivity contribution in [2.24, 2.45) is 0 Å². The van der Waals surface area contributed by atoms with Crippen molar-refractivity contribution in [3.05, 3.63) is 47.7 Å². The number of likely N-dealkylation sites (tertiary alicyclic amines) is 1. The summed E-state index contributed by atoms with van der Waals surface area (Å²) in [4.78, 5) is 2.44. The summed E-state index contributed by atoms with van der Waals surface area (Å²) in [7, 11) is 0. The summed E-state index contributed by atoms with van der Waals surface area (Å²) in [5, 5.41) is 8.23. The quantitative estimate of drug-likeness (QED) is 0.856. The van der Waals surface area contributed by atoms with Gasteiger partial charge >= 0.3 is 0 Å². The van der Waals surface area contributed by atoms with Crippen LogP contribution in [0.4, 0.5) is 0 Å². The van der Waals surface area contributed by atoms with E-state index in [-0.39, 0.29) is 6.04 Å². The lowest BCUT2D eigenvalue weighted by atomic mass is 9.99. The number of hydrogen-bond donors (Lipinski definition) is 0. The summed E-state index contributed by atoms with van der Waals surface area (Å²) < 4.78 is 5.68. The van der Waals surface area contributed by atoms with Crippen LogP contribution in [0.25, 0.3) is 0 Å². The number of hydrogen-bond acceptors (Lipinski definition) is 4. The third-order valence-electron chi connectivity index (χ3n) is 4.18. The van der Waals surface area contributed by atoms with Gasteiger partial charge in [0, 0.05) is 13.0 Å². The Morgan fingerprint density at radius 3 is 2.80 bits per heavy atom. The normalized spacial score (nSPS) is 21.2. The van der Waals surface area contributed by atoms with Crippen molar-refractivity contribution in [3.8, 4) is 0 Å². The molecule has 106 valence electrons. The highest BCUT2D eigenvalue weighted by molar-refractivity contribution is 5.21. The fraction of sp³-hybridized carbons (Fsp3) is 0.500. The lowest BCUT2D eigenvalue weighted by molar-refractivity contribution is 0.219. The van der Waals surface area contributed by atoms with Crippen molar-refractivity contribution in [2.45, 2.75) is 38.6 Å². The van der Waals surface area contributed by atoms with Crippen LogP contribution >= 0.6 is 0 Å². The average molecular weight is 271 g/mol. The fourth-order valence-electron chi connectivity index (χ4n) is 2.87. The number of rotatable bonds is 4. The summed E-state index contributed by atoms with van der Waals surface area (Å²) in [6, 6.07) is 11.0. The highest BCUT2D eigenvalue weighted by Gasteiger charge is 2.30. The first-order chi connectivity index (χ1) is 9.78. The number of aromatic nitrogens is 2. The van der Waals surface area contributed by atoms with Crippen LogP contribution in [0.1, 0.15) is 49.6 Å². The molecule has 0 amide bonds. The Hall–Kier alpha value is -1.68. The van der Waals surface area contributed by atoms with E-state index in [1.165, 1.54) is 12.0 Å². The van der Waals surface area contributed by atoms with Gasteiger partial charge < -0.3 is 4.42 Å². The molecule has 0 unspecified atom stereocenters. The number of nitrogens with zero attached hydrogens (tertiary/aromatic N) is 3. The van der Waals surface area contributed by atoms with E-state index in [1.807, 2.05) is 6.92 Å². The number of benzene rings is 1. The Balaban J connectivity index is 1.67. The fourth-order valence-corrected chi connectivity index (χ4v) is 2.87. The van der Waals surface area contributed by atoms with Crippen LogP contribution in [0.5, 0.6) is 0 Å².